The van der Waals surface area contributed by atoms with Crippen LogP contribution in [0.3, 0.4) is 0 Å². The Balaban J connectivity index is 1.59. The molecule has 0 nitrogen and oxygen atoms in total. The highest BCUT2D eigenvalue weighted by Crippen LogP contribution is 2.54. The molecule has 3 rings (SSSR count). The Kier molecular flexibility index (Phi) is 7.73. The van der Waals surface area contributed by atoms with E-state index in [2.05, 4.69) is 6.92 Å². The summed E-state index contributed by atoms with van der Waals surface area (Å²) in [5.74, 6) is 2.02. The van der Waals surface area contributed by atoms with Gasteiger partial charge in [0.05, 0.1) is 5.41 Å². The van der Waals surface area contributed by atoms with E-state index in [0.29, 0.717) is 17.4 Å². The van der Waals surface area contributed by atoms with Crippen LogP contribution in [0.5, 0.6) is 0 Å². The van der Waals surface area contributed by atoms with E-state index in [0.717, 1.165) is 30.7 Å². The van der Waals surface area contributed by atoms with Crippen LogP contribution in [0.1, 0.15) is 102 Å². The summed E-state index contributed by atoms with van der Waals surface area (Å²) in [6.07, 6.45) is 9.10. The fourth-order valence-corrected chi connectivity index (χ4v) is 6.03. The van der Waals surface area contributed by atoms with Crippen molar-refractivity contribution >= 4 is 0 Å². The molecule has 0 aliphatic heterocycles. The third-order valence-electron chi connectivity index (χ3n) is 8.12. The van der Waals surface area contributed by atoms with Crippen molar-refractivity contribution in [3.8, 4) is 0 Å². The van der Waals surface area contributed by atoms with Crippen LogP contribution in [0.4, 0.5) is 13.2 Å². The number of halogens is 3. The van der Waals surface area contributed by atoms with Crippen LogP contribution in [0, 0.1) is 17.8 Å². The highest BCUT2D eigenvalue weighted by molar-refractivity contribution is 5.31. The number of rotatable bonds is 7. The van der Waals surface area contributed by atoms with Crippen LogP contribution < -0.4 is 0 Å². The molecule has 1 aromatic rings. The third kappa shape index (κ3) is 5.20. The minimum Gasteiger partial charge on any atom is -0.170 e. The van der Waals surface area contributed by atoms with Crippen molar-refractivity contribution in [1.29, 1.82) is 0 Å². The van der Waals surface area contributed by atoms with Crippen LogP contribution in [-0.4, -0.2) is 6.18 Å². The molecular formula is C26H39F3. The number of benzene rings is 1. The van der Waals surface area contributed by atoms with Gasteiger partial charge < -0.3 is 0 Å². The van der Waals surface area contributed by atoms with Crippen molar-refractivity contribution < 1.29 is 13.2 Å². The van der Waals surface area contributed by atoms with E-state index in [1.165, 1.54) is 51.4 Å². The highest BCUT2D eigenvalue weighted by atomic mass is 19.4. The lowest BCUT2D eigenvalue weighted by atomic mass is 9.61. The van der Waals surface area contributed by atoms with E-state index in [1.807, 2.05) is 19.1 Å². The lowest BCUT2D eigenvalue weighted by Gasteiger charge is -2.45. The van der Waals surface area contributed by atoms with Gasteiger partial charge in [0, 0.05) is 0 Å². The predicted molar refractivity (Wildman–Crippen MR) is 115 cm³/mol. The number of unbranched alkanes of at least 4 members (excludes halogenated alkanes) is 2. The van der Waals surface area contributed by atoms with Gasteiger partial charge in [-0.25, -0.2) is 0 Å². The van der Waals surface area contributed by atoms with E-state index in [-0.39, 0.29) is 12.8 Å². The molecule has 3 heteroatoms. The Bertz CT molecular complexity index is 600. The van der Waals surface area contributed by atoms with Crippen LogP contribution in [0.25, 0.3) is 0 Å². The van der Waals surface area contributed by atoms with Gasteiger partial charge in [0.1, 0.15) is 0 Å². The first-order chi connectivity index (χ1) is 13.9. The summed E-state index contributed by atoms with van der Waals surface area (Å²) in [4.78, 5) is 0. The summed E-state index contributed by atoms with van der Waals surface area (Å²) in [6.45, 7) is 4.29. The maximum Gasteiger partial charge on any atom is 0.398 e. The molecule has 0 aromatic heterocycles. The van der Waals surface area contributed by atoms with E-state index < -0.39 is 11.6 Å². The Hall–Kier alpha value is -0.990. The topological polar surface area (TPSA) is 0 Å². The minimum absolute atomic E-state index is 0.267. The number of alkyl halides is 3. The lowest BCUT2D eigenvalue weighted by Crippen LogP contribution is -2.46. The van der Waals surface area contributed by atoms with Gasteiger partial charge in [-0.2, -0.15) is 13.2 Å². The maximum absolute atomic E-state index is 14.2. The zero-order valence-corrected chi connectivity index (χ0v) is 18.4. The largest absolute Gasteiger partial charge is 0.398 e. The summed E-state index contributed by atoms with van der Waals surface area (Å²) in [5, 5.41) is 0. The van der Waals surface area contributed by atoms with Crippen molar-refractivity contribution in [2.75, 3.05) is 0 Å². The van der Waals surface area contributed by atoms with Crippen LogP contribution in [0.2, 0.25) is 0 Å². The molecule has 0 spiro atoms. The molecule has 2 fully saturated rings. The molecule has 1 aromatic carbocycles. The van der Waals surface area contributed by atoms with Crippen molar-refractivity contribution in [3.05, 3.63) is 35.4 Å². The van der Waals surface area contributed by atoms with E-state index in [4.69, 9.17) is 0 Å². The van der Waals surface area contributed by atoms with Crippen molar-refractivity contribution in [3.63, 3.8) is 0 Å². The quantitative estimate of drug-likeness (QED) is 0.396. The lowest BCUT2D eigenvalue weighted by molar-refractivity contribution is -0.203. The van der Waals surface area contributed by atoms with Crippen molar-refractivity contribution in [2.45, 2.75) is 109 Å². The van der Waals surface area contributed by atoms with E-state index in [1.54, 1.807) is 12.1 Å². The van der Waals surface area contributed by atoms with E-state index in [9.17, 15) is 13.2 Å². The number of hydrogen-bond donors (Lipinski definition) is 0. The van der Waals surface area contributed by atoms with Gasteiger partial charge in [0.15, 0.2) is 0 Å². The Morgan fingerprint density at radius 2 is 1.41 bits per heavy atom. The smallest absolute Gasteiger partial charge is 0.170 e. The first-order valence-corrected chi connectivity index (χ1v) is 12.1. The fraction of sp³-hybridized carbons (Fsp3) is 0.769. The molecule has 0 N–H and O–H groups in total. The molecule has 0 atom stereocenters. The van der Waals surface area contributed by atoms with Crippen LogP contribution in [0.15, 0.2) is 24.3 Å². The van der Waals surface area contributed by atoms with Gasteiger partial charge in [-0.05, 0) is 73.8 Å². The molecule has 0 amide bonds. The van der Waals surface area contributed by atoms with E-state index >= 15 is 0 Å². The Morgan fingerprint density at radius 3 is 1.93 bits per heavy atom. The highest BCUT2D eigenvalue weighted by Gasteiger charge is 2.57. The monoisotopic (exact) mass is 408 g/mol. The molecule has 29 heavy (non-hydrogen) atoms. The predicted octanol–water partition coefficient (Wildman–Crippen LogP) is 8.63. The fourth-order valence-electron chi connectivity index (χ4n) is 6.03. The van der Waals surface area contributed by atoms with Gasteiger partial charge in [-0.15, -0.1) is 0 Å². The molecule has 0 heterocycles. The van der Waals surface area contributed by atoms with Gasteiger partial charge in [0.2, 0.25) is 0 Å². The molecule has 2 saturated carbocycles. The molecule has 0 radical (unpaired) electrons. The second-order valence-electron chi connectivity index (χ2n) is 9.74. The Labute approximate surface area is 175 Å². The van der Waals surface area contributed by atoms with Gasteiger partial charge in [0.25, 0.3) is 0 Å². The van der Waals surface area contributed by atoms with Gasteiger partial charge in [-0.1, -0.05) is 76.6 Å². The minimum atomic E-state index is -4.16. The summed E-state index contributed by atoms with van der Waals surface area (Å²) in [7, 11) is 0. The first-order valence-electron chi connectivity index (χ1n) is 12.1. The number of aryl methyl sites for hydroxylation is 1. The molecule has 2 aliphatic rings. The molecule has 164 valence electrons. The van der Waals surface area contributed by atoms with Gasteiger partial charge in [-0.3, -0.25) is 0 Å². The zero-order valence-electron chi connectivity index (χ0n) is 18.4. The average Bonchev–Trinajstić information content (AvgIpc) is 2.74. The van der Waals surface area contributed by atoms with Crippen LogP contribution >= 0.6 is 0 Å². The molecule has 0 unspecified atom stereocenters. The summed E-state index contributed by atoms with van der Waals surface area (Å²) >= 11 is 0. The molecular weight excluding hydrogens is 369 g/mol. The SMILES string of the molecule is CCCCCC1CCC(C2CCC(c3ccc(CC)cc3)(C(F)(F)F)CC2)CC1. The summed E-state index contributed by atoms with van der Waals surface area (Å²) in [6, 6.07) is 7.26. The Morgan fingerprint density at radius 1 is 0.828 bits per heavy atom. The average molecular weight is 409 g/mol. The van der Waals surface area contributed by atoms with Crippen molar-refractivity contribution in [1.82, 2.24) is 0 Å². The van der Waals surface area contributed by atoms with Gasteiger partial charge >= 0.3 is 6.18 Å². The second-order valence-corrected chi connectivity index (χ2v) is 9.74. The van der Waals surface area contributed by atoms with Crippen LogP contribution in [-0.2, 0) is 11.8 Å². The maximum atomic E-state index is 14.2. The molecule has 0 bridgehead atoms. The standard InChI is InChI=1S/C26H39F3/c1-3-5-6-7-21-8-12-22(13-9-21)23-16-18-25(19-17-23,26(27,28)29)24-14-10-20(4-2)11-15-24/h10-11,14-15,21-23H,3-9,12-13,16-19H2,1-2H3. The second kappa shape index (κ2) is 9.88. The summed E-state index contributed by atoms with van der Waals surface area (Å²) < 4.78 is 42.7. The first kappa shape index (κ1) is 22.7. The normalized spacial score (nSPS) is 31.0. The zero-order chi connectivity index (χ0) is 20.9. The number of hydrogen-bond acceptors (Lipinski definition) is 0. The molecule has 2 aliphatic carbocycles. The molecule has 0 saturated heterocycles. The summed E-state index contributed by atoms with van der Waals surface area (Å²) in [5.41, 5.74) is -0.0385. The third-order valence-corrected chi connectivity index (χ3v) is 8.12. The van der Waals surface area contributed by atoms with Crippen molar-refractivity contribution in [2.24, 2.45) is 17.8 Å².